The average Bonchev–Trinajstić information content (AvgIpc) is 4.01. The lowest BCUT2D eigenvalue weighted by Gasteiger charge is -2.45. The Hall–Kier alpha value is -4.68. The quantitative estimate of drug-likeness (QED) is 0.200. The van der Waals surface area contributed by atoms with Gasteiger partial charge in [-0.1, -0.05) is 0 Å². The number of benzene rings is 2. The van der Waals surface area contributed by atoms with E-state index in [4.69, 9.17) is 28.9 Å². The Balaban J connectivity index is 0.826. The van der Waals surface area contributed by atoms with Crippen molar-refractivity contribution in [3.63, 3.8) is 0 Å². The zero-order valence-corrected chi connectivity index (χ0v) is 34.0. The van der Waals surface area contributed by atoms with Gasteiger partial charge in [0.15, 0.2) is 0 Å². The second-order valence-corrected chi connectivity index (χ2v) is 18.7. The normalized spacial score (nSPS) is 32.3. The van der Waals surface area contributed by atoms with Crippen molar-refractivity contribution in [3.05, 3.63) is 59.4 Å². The number of carbonyl (C=O) groups is 2. The summed E-state index contributed by atoms with van der Waals surface area (Å²) in [5.41, 5.74) is 7.75. The number of aromatic amines is 2. The molecule has 58 heavy (non-hydrogen) atoms. The maximum absolute atomic E-state index is 13.7. The summed E-state index contributed by atoms with van der Waals surface area (Å²) in [5, 5.41) is 0. The van der Waals surface area contributed by atoms with Crippen molar-refractivity contribution in [3.8, 4) is 45.1 Å². The summed E-state index contributed by atoms with van der Waals surface area (Å²) >= 11 is 0. The molecule has 2 N–H and O–H groups in total. The van der Waals surface area contributed by atoms with Crippen LogP contribution in [0.15, 0.2) is 36.7 Å². The maximum atomic E-state index is 13.7. The molecule has 12 nitrogen and oxygen atoms in total. The lowest BCUT2D eigenvalue weighted by Crippen LogP contribution is -2.53. The predicted molar refractivity (Wildman–Crippen MR) is 216 cm³/mol. The molecule has 5 saturated heterocycles. The van der Waals surface area contributed by atoms with Crippen LogP contribution < -0.4 is 9.47 Å². The van der Waals surface area contributed by atoms with Crippen molar-refractivity contribution in [1.82, 2.24) is 29.7 Å². The molecule has 2 aromatic carbocycles. The zero-order chi connectivity index (χ0) is 39.4. The van der Waals surface area contributed by atoms with Crippen molar-refractivity contribution in [2.75, 3.05) is 6.54 Å². The lowest BCUT2D eigenvalue weighted by atomic mass is 9.80. The molecule has 9 heterocycles. The molecule has 12 heteroatoms. The van der Waals surface area contributed by atoms with E-state index in [-0.39, 0.29) is 53.9 Å². The molecule has 4 aromatic rings. The molecule has 0 spiro atoms. The summed E-state index contributed by atoms with van der Waals surface area (Å²) in [7, 11) is 0. The summed E-state index contributed by atoms with van der Waals surface area (Å²) in [6, 6.07) is 8.48. The van der Waals surface area contributed by atoms with Gasteiger partial charge in [0.2, 0.25) is 11.8 Å². The smallest absolute Gasteiger partial charge is 0.223 e. The van der Waals surface area contributed by atoms with Crippen LogP contribution in [-0.2, 0) is 32.3 Å². The van der Waals surface area contributed by atoms with Gasteiger partial charge < -0.3 is 38.7 Å². The predicted octanol–water partition coefficient (Wildman–Crippen LogP) is 8.19. The number of H-pyrrole nitrogens is 2. The van der Waals surface area contributed by atoms with Gasteiger partial charge in [-0.25, -0.2) is 9.97 Å². The van der Waals surface area contributed by atoms with Crippen LogP contribution in [0.25, 0.3) is 33.6 Å². The molecular weight excluding hydrogens is 733 g/mol. The molecule has 2 amide bonds. The molecule has 7 unspecified atom stereocenters. The van der Waals surface area contributed by atoms with Crippen LogP contribution in [0, 0.1) is 11.8 Å². The third-order valence-corrected chi connectivity index (χ3v) is 14.3. The van der Waals surface area contributed by atoms with Crippen molar-refractivity contribution in [1.29, 1.82) is 0 Å². The van der Waals surface area contributed by atoms with Gasteiger partial charge in [-0.05, 0) is 115 Å². The Kier molecular flexibility index (Phi) is 8.59. The van der Waals surface area contributed by atoms with Crippen LogP contribution in [0.1, 0.15) is 127 Å². The number of amides is 2. The highest BCUT2D eigenvalue weighted by Gasteiger charge is 2.54. The van der Waals surface area contributed by atoms with E-state index in [0.717, 1.165) is 126 Å². The monoisotopic (exact) mass is 786 g/mol. The number of hydrogen-bond acceptors (Lipinski definition) is 8. The molecule has 7 aliphatic rings. The minimum absolute atomic E-state index is 0.0466. The molecule has 0 radical (unpaired) electrons. The Morgan fingerprint density at radius 3 is 2.12 bits per heavy atom. The molecule has 0 saturated carbocycles. The summed E-state index contributed by atoms with van der Waals surface area (Å²) in [4.78, 5) is 48.4. The third-order valence-electron chi connectivity index (χ3n) is 14.3. The van der Waals surface area contributed by atoms with E-state index in [1.54, 1.807) is 0 Å². The molecule has 7 aliphatic heterocycles. The minimum atomic E-state index is -0.323. The average molecular weight is 787 g/mol. The van der Waals surface area contributed by atoms with Crippen molar-refractivity contribution in [2.45, 2.75) is 147 Å². The van der Waals surface area contributed by atoms with E-state index < -0.39 is 0 Å². The van der Waals surface area contributed by atoms with Crippen LogP contribution in [-0.4, -0.2) is 78.0 Å². The van der Waals surface area contributed by atoms with Gasteiger partial charge in [-0.2, -0.15) is 0 Å². The van der Waals surface area contributed by atoms with Crippen molar-refractivity contribution < 1.29 is 28.5 Å². The van der Waals surface area contributed by atoms with Gasteiger partial charge in [0.05, 0.1) is 65.8 Å². The number of nitrogens with zero attached hydrogens (tertiary/aromatic N) is 4. The number of fused-ring (bicyclic) bond motifs is 4. The van der Waals surface area contributed by atoms with Crippen LogP contribution >= 0.6 is 0 Å². The first-order chi connectivity index (χ1) is 28.1. The fraction of sp³-hybridized carbons (Fsp3) is 0.565. The van der Waals surface area contributed by atoms with Crippen LogP contribution in [0.2, 0.25) is 0 Å². The highest BCUT2D eigenvalue weighted by Crippen LogP contribution is 2.52. The van der Waals surface area contributed by atoms with E-state index in [1.165, 1.54) is 0 Å². The Morgan fingerprint density at radius 1 is 0.828 bits per heavy atom. The first-order valence-electron chi connectivity index (χ1n) is 21.7. The summed E-state index contributed by atoms with van der Waals surface area (Å²) < 4.78 is 25.5. The number of ether oxygens (including phenoxy) is 4. The summed E-state index contributed by atoms with van der Waals surface area (Å²) in [5.74, 6) is 4.52. The lowest BCUT2D eigenvalue weighted by molar-refractivity contribution is -0.156. The molecular formula is C46H54N6O6. The Labute approximate surface area is 339 Å². The second-order valence-electron chi connectivity index (χ2n) is 18.7. The second kappa shape index (κ2) is 13.7. The van der Waals surface area contributed by atoms with E-state index in [9.17, 15) is 9.59 Å². The third kappa shape index (κ3) is 6.07. The van der Waals surface area contributed by atoms with Gasteiger partial charge in [0.1, 0.15) is 36.4 Å². The van der Waals surface area contributed by atoms with Crippen LogP contribution in [0.4, 0.5) is 0 Å². The minimum Gasteiger partial charge on any atom is -0.488 e. The molecule has 304 valence electrons. The molecule has 0 aliphatic carbocycles. The van der Waals surface area contributed by atoms with E-state index in [0.29, 0.717) is 37.9 Å². The number of imidazole rings is 2. The highest BCUT2D eigenvalue weighted by molar-refractivity contribution is 5.88. The maximum Gasteiger partial charge on any atom is 0.223 e. The van der Waals surface area contributed by atoms with E-state index in [2.05, 4.69) is 66.8 Å². The fourth-order valence-electron chi connectivity index (χ4n) is 12.2. The number of hydrogen-bond donors (Lipinski definition) is 2. The Bertz CT molecular complexity index is 2240. The molecule has 5 fully saturated rings. The summed E-state index contributed by atoms with van der Waals surface area (Å²) in [6.07, 6.45) is 12.9. The van der Waals surface area contributed by atoms with Gasteiger partial charge in [0.25, 0.3) is 0 Å². The largest absolute Gasteiger partial charge is 0.488 e. The van der Waals surface area contributed by atoms with Gasteiger partial charge in [-0.15, -0.1) is 0 Å². The van der Waals surface area contributed by atoms with E-state index in [1.807, 2.05) is 17.3 Å². The highest BCUT2D eigenvalue weighted by atomic mass is 16.5. The Morgan fingerprint density at radius 2 is 1.47 bits per heavy atom. The molecule has 8 atom stereocenters. The summed E-state index contributed by atoms with van der Waals surface area (Å²) in [6.45, 7) is 10.2. The fourth-order valence-corrected chi connectivity index (χ4v) is 12.2. The van der Waals surface area contributed by atoms with E-state index >= 15 is 0 Å². The SMILES string of the molecule is CC1CC(CC(=O)N2CCCC2c2ncc(-c3cc4c5c(c3)OCc3cc(-c6cnc(C7CCC8N7C(=O)CC7CC(C)O[C@]8(C)C7)[nH]6)cc(c3-5)OC4)[nH]2)CC(C)O1. The molecule has 2 bridgehead atoms. The molecule has 11 rings (SSSR count). The van der Waals surface area contributed by atoms with Gasteiger partial charge >= 0.3 is 0 Å². The number of likely N-dealkylation sites (tertiary alicyclic amines) is 1. The number of nitrogens with one attached hydrogen (secondary N) is 2. The van der Waals surface area contributed by atoms with Crippen LogP contribution in [0.3, 0.4) is 0 Å². The number of carbonyl (C=O) groups excluding carboxylic acids is 2. The van der Waals surface area contributed by atoms with Crippen molar-refractivity contribution >= 4 is 11.8 Å². The van der Waals surface area contributed by atoms with Crippen LogP contribution in [0.5, 0.6) is 11.5 Å². The first kappa shape index (κ1) is 36.4. The van der Waals surface area contributed by atoms with Gasteiger partial charge in [-0.3, -0.25) is 9.59 Å². The van der Waals surface area contributed by atoms with Crippen molar-refractivity contribution in [2.24, 2.45) is 11.8 Å². The number of aromatic nitrogens is 4. The molecule has 2 aromatic heterocycles. The topological polar surface area (TPSA) is 135 Å². The standard InChI is InChI=1S/C46H54N6O6/c1-24-10-27(11-25(2)57-24)13-40(53)51-9-5-6-35(51)44-47-20-33(49-44)29-15-31-22-56-38-18-30(16-32-23-55-37(17-29)42(31)43(32)38)34-21-48-45(50-34)36-7-8-39-46(4)19-28(12-26(3)58-46)14-41(54)52(36)39/h15-18,20-21,24-28,35-36,39H,5-14,19,22-23H2,1-4H3,(H,47,49)(H,48,50)/t24?,25?,26?,27?,28?,35?,36?,39?,46-/m1/s1. The zero-order valence-electron chi connectivity index (χ0n) is 34.0. The van der Waals surface area contributed by atoms with Gasteiger partial charge in [0, 0.05) is 52.8 Å². The first-order valence-corrected chi connectivity index (χ1v) is 21.7. The number of rotatable bonds is 6.